The zero-order valence-corrected chi connectivity index (χ0v) is 18.7. The first kappa shape index (κ1) is 21.4. The van der Waals surface area contributed by atoms with Crippen LogP contribution in [0, 0.1) is 6.92 Å². The molecule has 1 aliphatic rings. The Labute approximate surface area is 194 Å². The van der Waals surface area contributed by atoms with E-state index < -0.39 is 5.97 Å². The second-order valence-electron chi connectivity index (χ2n) is 8.06. The number of para-hydroxylation sites is 1. The summed E-state index contributed by atoms with van der Waals surface area (Å²) < 4.78 is 11.6. The van der Waals surface area contributed by atoms with Crippen LogP contribution in [0.2, 0.25) is 0 Å². The van der Waals surface area contributed by atoms with E-state index in [1.165, 1.54) is 29.0 Å². The number of fused-ring (bicyclic) bond motifs is 1. The van der Waals surface area contributed by atoms with Gasteiger partial charge in [-0.2, -0.15) is 0 Å². The summed E-state index contributed by atoms with van der Waals surface area (Å²) in [6.07, 6.45) is 3.20. The molecule has 0 atom stereocenters. The predicted octanol–water partition coefficient (Wildman–Crippen LogP) is 5.13. The molecule has 0 radical (unpaired) electrons. The van der Waals surface area contributed by atoms with Crippen LogP contribution < -0.4 is 5.56 Å². The fourth-order valence-electron chi connectivity index (χ4n) is 4.14. The van der Waals surface area contributed by atoms with Gasteiger partial charge in [0.15, 0.2) is 11.4 Å². The topological polar surface area (TPSA) is 122 Å². The first-order chi connectivity index (χ1) is 16.5. The van der Waals surface area contributed by atoms with Crippen LogP contribution >= 0.6 is 0 Å². The maximum atomic E-state index is 13.0. The Morgan fingerprint density at radius 2 is 1.94 bits per heavy atom. The summed E-state index contributed by atoms with van der Waals surface area (Å²) in [5.74, 6) is -0.529. The number of esters is 1. The molecule has 0 spiro atoms. The lowest BCUT2D eigenvalue weighted by Crippen LogP contribution is -2.14. The number of hydrogen-bond acceptors (Lipinski definition) is 7. The molecular weight excluding hydrogens is 436 g/mol. The zero-order valence-electron chi connectivity index (χ0n) is 18.7. The Morgan fingerprint density at radius 3 is 2.76 bits per heavy atom. The van der Waals surface area contributed by atoms with Crippen molar-refractivity contribution in [2.45, 2.75) is 26.2 Å². The molecule has 5 rings (SSSR count). The number of furan rings is 1. The maximum absolute atomic E-state index is 13.0. The van der Waals surface area contributed by atoms with Gasteiger partial charge in [0.25, 0.3) is 5.56 Å². The number of phenolic OH excluding ortho intramolecular Hbond substituents is 1. The molecule has 0 saturated heterocycles. The van der Waals surface area contributed by atoms with Crippen molar-refractivity contribution < 1.29 is 19.1 Å². The third kappa shape index (κ3) is 3.71. The van der Waals surface area contributed by atoms with E-state index in [9.17, 15) is 14.7 Å². The summed E-state index contributed by atoms with van der Waals surface area (Å²) in [6, 6.07) is 13.9. The van der Waals surface area contributed by atoms with Crippen LogP contribution in [-0.4, -0.2) is 28.0 Å². The molecule has 9 nitrogen and oxygen atoms in total. The number of hydrogen-bond donors (Lipinski definition) is 2. The maximum Gasteiger partial charge on any atom is 0.373 e. The summed E-state index contributed by atoms with van der Waals surface area (Å²) in [5.41, 5.74) is 4.18. The average Bonchev–Trinajstić information content (AvgIpc) is 3.57. The summed E-state index contributed by atoms with van der Waals surface area (Å²) in [5, 5.41) is 22.0. The molecule has 0 fully saturated rings. The lowest BCUT2D eigenvalue weighted by molar-refractivity contribution is 0.0566. The smallest absolute Gasteiger partial charge is 0.373 e. The van der Waals surface area contributed by atoms with Gasteiger partial charge in [0.2, 0.25) is 5.76 Å². The van der Waals surface area contributed by atoms with E-state index in [0.29, 0.717) is 11.3 Å². The second-order valence-corrected chi connectivity index (χ2v) is 8.06. The van der Waals surface area contributed by atoms with Crippen molar-refractivity contribution in [1.29, 1.82) is 0 Å². The van der Waals surface area contributed by atoms with Crippen LogP contribution in [-0.2, 0) is 17.6 Å². The van der Waals surface area contributed by atoms with E-state index in [0.717, 1.165) is 24.9 Å². The number of aromatic nitrogens is 2. The molecule has 0 aliphatic heterocycles. The minimum Gasteiger partial charge on any atom is -0.505 e. The summed E-state index contributed by atoms with van der Waals surface area (Å²) in [7, 11) is 1.25. The van der Waals surface area contributed by atoms with Crippen molar-refractivity contribution in [3.8, 4) is 22.8 Å². The van der Waals surface area contributed by atoms with Gasteiger partial charge in [0, 0.05) is 0 Å². The van der Waals surface area contributed by atoms with Crippen LogP contribution in [0.4, 0.5) is 11.4 Å². The molecule has 2 heterocycles. The van der Waals surface area contributed by atoms with Crippen molar-refractivity contribution in [3.63, 3.8) is 0 Å². The minimum absolute atomic E-state index is 0.0129. The number of benzene rings is 2. The average molecular weight is 458 g/mol. The van der Waals surface area contributed by atoms with Crippen LogP contribution in [0.15, 0.2) is 68.0 Å². The Kier molecular flexibility index (Phi) is 5.37. The number of methoxy groups -OCH3 is 1. The molecule has 0 amide bonds. The lowest BCUT2D eigenvalue weighted by atomic mass is 10.1. The number of rotatable bonds is 5. The van der Waals surface area contributed by atoms with Gasteiger partial charge in [0.05, 0.1) is 24.1 Å². The van der Waals surface area contributed by atoms with Crippen molar-refractivity contribution in [3.05, 3.63) is 81.5 Å². The van der Waals surface area contributed by atoms with Crippen LogP contribution in [0.5, 0.6) is 5.75 Å². The monoisotopic (exact) mass is 458 g/mol. The summed E-state index contributed by atoms with van der Waals surface area (Å²) in [6.45, 7) is 1.74. The van der Waals surface area contributed by atoms with Gasteiger partial charge in [-0.1, -0.05) is 12.1 Å². The van der Waals surface area contributed by atoms with Gasteiger partial charge in [0.1, 0.15) is 11.4 Å². The number of nitrogens with one attached hydrogen (secondary N) is 1. The number of carbonyl (C=O) groups is 1. The second kappa shape index (κ2) is 8.51. The van der Waals surface area contributed by atoms with Gasteiger partial charge >= 0.3 is 5.97 Å². The van der Waals surface area contributed by atoms with E-state index in [2.05, 4.69) is 26.1 Å². The van der Waals surface area contributed by atoms with Crippen molar-refractivity contribution in [2.75, 3.05) is 7.11 Å². The number of nitrogens with zero attached hydrogens (tertiary/aromatic N) is 3. The Hall–Kier alpha value is -4.40. The van der Waals surface area contributed by atoms with Crippen LogP contribution in [0.25, 0.3) is 17.0 Å². The first-order valence-corrected chi connectivity index (χ1v) is 10.8. The van der Waals surface area contributed by atoms with Crippen LogP contribution in [0.1, 0.15) is 33.8 Å². The van der Waals surface area contributed by atoms with E-state index in [1.54, 1.807) is 31.2 Å². The van der Waals surface area contributed by atoms with E-state index >= 15 is 0 Å². The van der Waals surface area contributed by atoms with E-state index in [4.69, 9.17) is 4.42 Å². The molecule has 0 bridgehead atoms. The third-order valence-corrected chi connectivity index (χ3v) is 5.91. The Bertz CT molecular complexity index is 1490. The number of phenols is 1. The molecule has 2 aromatic heterocycles. The van der Waals surface area contributed by atoms with Crippen LogP contribution in [0.3, 0.4) is 0 Å². The predicted molar refractivity (Wildman–Crippen MR) is 124 cm³/mol. The van der Waals surface area contributed by atoms with Gasteiger partial charge in [-0.05, 0) is 73.7 Å². The number of carbonyl (C=O) groups excluding carboxylic acids is 1. The number of aromatic hydroxyl groups is 1. The fraction of sp³-hybridized carbons (Fsp3) is 0.200. The van der Waals surface area contributed by atoms with Gasteiger partial charge in [-0.15, -0.1) is 10.2 Å². The lowest BCUT2D eigenvalue weighted by Gasteiger charge is -2.05. The largest absolute Gasteiger partial charge is 0.505 e. The highest BCUT2D eigenvalue weighted by atomic mass is 16.5. The Balaban J connectivity index is 1.46. The molecule has 34 heavy (non-hydrogen) atoms. The molecule has 9 heteroatoms. The zero-order chi connectivity index (χ0) is 23.8. The molecule has 0 unspecified atom stereocenters. The molecule has 4 aromatic rings. The van der Waals surface area contributed by atoms with Crippen molar-refractivity contribution in [1.82, 2.24) is 9.78 Å². The molecule has 172 valence electrons. The number of aromatic amines is 1. The van der Waals surface area contributed by atoms with E-state index in [-0.39, 0.29) is 34.2 Å². The fourth-order valence-corrected chi connectivity index (χ4v) is 4.14. The molecule has 2 N–H and O–H groups in total. The molecular formula is C25H22N4O5. The van der Waals surface area contributed by atoms with Gasteiger partial charge in [-0.25, -0.2) is 9.48 Å². The Morgan fingerprint density at radius 1 is 1.12 bits per heavy atom. The quantitative estimate of drug-likeness (QED) is 0.317. The van der Waals surface area contributed by atoms with Crippen molar-refractivity contribution >= 4 is 17.3 Å². The summed E-state index contributed by atoms with van der Waals surface area (Å²) in [4.78, 5) is 24.7. The van der Waals surface area contributed by atoms with Gasteiger partial charge < -0.3 is 14.3 Å². The number of H-pyrrole nitrogens is 1. The standard InChI is InChI=1S/C25H22N4O5/c1-14-22(24(31)29(28-14)17-10-9-15-5-3-6-16(15)13-17)27-26-19-8-4-7-18(23(19)30)20-11-12-21(34-20)25(32)33-2/h4,7-13,28,30H,3,5-6H2,1-2H3. The van der Waals surface area contributed by atoms with Gasteiger partial charge in [-0.3, -0.25) is 9.89 Å². The van der Waals surface area contributed by atoms with E-state index in [1.807, 2.05) is 12.1 Å². The number of ether oxygens (including phenoxy) is 1. The highest BCUT2D eigenvalue weighted by Gasteiger charge is 2.18. The normalized spacial score (nSPS) is 12.9. The number of azo groups is 1. The summed E-state index contributed by atoms with van der Waals surface area (Å²) >= 11 is 0. The first-order valence-electron chi connectivity index (χ1n) is 10.8. The number of aryl methyl sites for hydroxylation is 3. The minimum atomic E-state index is -0.621. The highest BCUT2D eigenvalue weighted by molar-refractivity contribution is 5.87. The highest BCUT2D eigenvalue weighted by Crippen LogP contribution is 2.38. The third-order valence-electron chi connectivity index (χ3n) is 5.91. The molecule has 0 saturated carbocycles. The SMILES string of the molecule is COC(=O)c1ccc(-c2cccc(N=Nc3c(C)[nH]n(-c4ccc5c(c4)CCC5)c3=O)c2O)o1. The van der Waals surface area contributed by atoms with Crippen molar-refractivity contribution in [2.24, 2.45) is 10.2 Å². The molecule has 2 aromatic carbocycles. The molecule has 1 aliphatic carbocycles.